The molecule has 0 aliphatic rings. The lowest BCUT2D eigenvalue weighted by Gasteiger charge is -2.01. The van der Waals surface area contributed by atoms with E-state index in [4.69, 9.17) is 11.6 Å². The molecule has 1 heterocycles. The Morgan fingerprint density at radius 1 is 1.33 bits per heavy atom. The quantitative estimate of drug-likeness (QED) is 0.740. The van der Waals surface area contributed by atoms with Gasteiger partial charge in [-0.05, 0) is 12.1 Å². The van der Waals surface area contributed by atoms with Gasteiger partial charge in [-0.15, -0.1) is 16.7 Å². The number of alkyl halides is 1. The van der Waals surface area contributed by atoms with E-state index in [9.17, 15) is 8.78 Å². The number of hydrogen-bond acceptors (Lipinski definition) is 2. The van der Waals surface area contributed by atoms with Gasteiger partial charge in [-0.3, -0.25) is 0 Å². The van der Waals surface area contributed by atoms with Crippen LogP contribution in [0.4, 0.5) is 8.78 Å². The molecule has 0 unspecified atom stereocenters. The topological polar surface area (TPSA) is 30.7 Å². The van der Waals surface area contributed by atoms with Crippen LogP contribution in [0.25, 0.3) is 5.69 Å². The van der Waals surface area contributed by atoms with Crippen LogP contribution in [0.1, 0.15) is 5.69 Å². The molecule has 0 bridgehead atoms. The fourth-order valence-electron chi connectivity index (χ4n) is 1.15. The van der Waals surface area contributed by atoms with E-state index >= 15 is 0 Å². The summed E-state index contributed by atoms with van der Waals surface area (Å²) >= 11 is 5.52. The van der Waals surface area contributed by atoms with Crippen molar-refractivity contribution in [2.45, 2.75) is 5.88 Å². The number of aromatic nitrogens is 3. The summed E-state index contributed by atoms with van der Waals surface area (Å²) in [6.07, 6.45) is 1.45. The van der Waals surface area contributed by atoms with Crippen LogP contribution in [0, 0.1) is 11.6 Å². The number of rotatable bonds is 2. The summed E-state index contributed by atoms with van der Waals surface area (Å²) in [4.78, 5) is 0. The van der Waals surface area contributed by atoms with Gasteiger partial charge in [-0.25, -0.2) is 13.5 Å². The Hall–Kier alpha value is -1.49. The molecule has 0 N–H and O–H groups in total. The molecule has 0 amide bonds. The lowest BCUT2D eigenvalue weighted by Crippen LogP contribution is -2.00. The number of benzene rings is 1. The molecular formula is C9H6ClF2N3. The van der Waals surface area contributed by atoms with Crippen molar-refractivity contribution in [3.8, 4) is 5.69 Å². The summed E-state index contributed by atoms with van der Waals surface area (Å²) < 4.78 is 27.3. The van der Waals surface area contributed by atoms with E-state index in [-0.39, 0.29) is 11.6 Å². The maximum atomic E-state index is 13.3. The minimum absolute atomic E-state index is 0.0128. The standard InChI is InChI=1S/C9H6ClF2N3/c10-4-6-5-15(14-13-6)8-3-1-2-7(11)9(8)12/h1-3,5H,4H2. The molecular weight excluding hydrogens is 224 g/mol. The second-order valence-corrected chi connectivity index (χ2v) is 3.13. The Balaban J connectivity index is 2.49. The zero-order chi connectivity index (χ0) is 10.8. The van der Waals surface area contributed by atoms with Gasteiger partial charge in [-0.1, -0.05) is 11.3 Å². The lowest BCUT2D eigenvalue weighted by molar-refractivity contribution is 0.500. The Morgan fingerprint density at radius 3 is 2.80 bits per heavy atom. The summed E-state index contributed by atoms with van der Waals surface area (Å²) in [6.45, 7) is 0. The van der Waals surface area contributed by atoms with Crippen molar-refractivity contribution < 1.29 is 8.78 Å². The molecule has 15 heavy (non-hydrogen) atoms. The van der Waals surface area contributed by atoms with Crippen LogP contribution in [0.15, 0.2) is 24.4 Å². The van der Waals surface area contributed by atoms with Gasteiger partial charge in [0.15, 0.2) is 11.6 Å². The van der Waals surface area contributed by atoms with Crippen molar-refractivity contribution in [3.05, 3.63) is 41.7 Å². The van der Waals surface area contributed by atoms with E-state index < -0.39 is 11.6 Å². The molecule has 0 spiro atoms. The first-order valence-electron chi connectivity index (χ1n) is 4.14. The fraction of sp³-hybridized carbons (Fsp3) is 0.111. The van der Waals surface area contributed by atoms with Gasteiger partial charge in [0.25, 0.3) is 0 Å². The minimum Gasteiger partial charge on any atom is -0.217 e. The Kier molecular flexibility index (Phi) is 2.64. The van der Waals surface area contributed by atoms with Gasteiger partial charge in [0.1, 0.15) is 5.69 Å². The van der Waals surface area contributed by atoms with Crippen molar-refractivity contribution in [1.29, 1.82) is 0 Å². The number of nitrogens with zero attached hydrogens (tertiary/aromatic N) is 3. The highest BCUT2D eigenvalue weighted by Gasteiger charge is 2.10. The van der Waals surface area contributed by atoms with Crippen molar-refractivity contribution in [2.75, 3.05) is 0 Å². The zero-order valence-electron chi connectivity index (χ0n) is 7.49. The summed E-state index contributed by atoms with van der Waals surface area (Å²) in [5, 5.41) is 7.31. The van der Waals surface area contributed by atoms with Crippen LogP contribution in [-0.2, 0) is 5.88 Å². The monoisotopic (exact) mass is 229 g/mol. The van der Waals surface area contributed by atoms with Gasteiger partial charge in [0.05, 0.1) is 17.8 Å². The predicted octanol–water partition coefficient (Wildman–Crippen LogP) is 2.28. The molecule has 0 aliphatic carbocycles. The summed E-state index contributed by atoms with van der Waals surface area (Å²) in [5.41, 5.74) is 0.513. The summed E-state index contributed by atoms with van der Waals surface area (Å²) in [7, 11) is 0. The second-order valence-electron chi connectivity index (χ2n) is 2.86. The van der Waals surface area contributed by atoms with Crippen LogP contribution in [-0.4, -0.2) is 15.0 Å². The average molecular weight is 230 g/mol. The van der Waals surface area contributed by atoms with Crippen LogP contribution in [0.2, 0.25) is 0 Å². The maximum Gasteiger partial charge on any atom is 0.184 e. The Bertz CT molecular complexity index is 484. The minimum atomic E-state index is -0.955. The molecule has 0 saturated heterocycles. The smallest absolute Gasteiger partial charge is 0.184 e. The molecule has 1 aromatic carbocycles. The van der Waals surface area contributed by atoms with Gasteiger partial charge >= 0.3 is 0 Å². The van der Waals surface area contributed by atoms with E-state index in [1.165, 1.54) is 18.3 Å². The van der Waals surface area contributed by atoms with Crippen molar-refractivity contribution in [2.24, 2.45) is 0 Å². The first-order chi connectivity index (χ1) is 7.22. The number of halogens is 3. The van der Waals surface area contributed by atoms with Crippen molar-refractivity contribution in [1.82, 2.24) is 15.0 Å². The molecule has 2 aromatic rings. The molecule has 6 heteroatoms. The highest BCUT2D eigenvalue weighted by Crippen LogP contribution is 2.15. The predicted molar refractivity (Wildman–Crippen MR) is 50.8 cm³/mol. The van der Waals surface area contributed by atoms with Gasteiger partial charge < -0.3 is 0 Å². The lowest BCUT2D eigenvalue weighted by atomic mass is 10.3. The van der Waals surface area contributed by atoms with E-state index in [0.29, 0.717) is 5.69 Å². The summed E-state index contributed by atoms with van der Waals surface area (Å²) in [6, 6.07) is 3.85. The largest absolute Gasteiger partial charge is 0.217 e. The molecule has 2 rings (SSSR count). The van der Waals surface area contributed by atoms with Crippen LogP contribution < -0.4 is 0 Å². The second kappa shape index (κ2) is 3.94. The molecule has 0 radical (unpaired) electrons. The van der Waals surface area contributed by atoms with Crippen molar-refractivity contribution >= 4 is 11.6 Å². The Labute approximate surface area is 89.3 Å². The average Bonchev–Trinajstić information content (AvgIpc) is 2.70. The molecule has 0 atom stereocenters. The van der Waals surface area contributed by atoms with Crippen molar-refractivity contribution in [3.63, 3.8) is 0 Å². The van der Waals surface area contributed by atoms with E-state index in [1.54, 1.807) is 0 Å². The number of hydrogen-bond donors (Lipinski definition) is 0. The normalized spacial score (nSPS) is 10.6. The third kappa shape index (κ3) is 1.83. The third-order valence-electron chi connectivity index (χ3n) is 1.86. The zero-order valence-corrected chi connectivity index (χ0v) is 8.25. The molecule has 3 nitrogen and oxygen atoms in total. The molecule has 0 fully saturated rings. The van der Waals surface area contributed by atoms with E-state index in [2.05, 4.69) is 10.3 Å². The molecule has 0 saturated carbocycles. The van der Waals surface area contributed by atoms with E-state index in [0.717, 1.165) is 10.7 Å². The molecule has 1 aromatic heterocycles. The van der Waals surface area contributed by atoms with Gasteiger partial charge in [0, 0.05) is 0 Å². The highest BCUT2D eigenvalue weighted by atomic mass is 35.5. The van der Waals surface area contributed by atoms with E-state index in [1.807, 2.05) is 0 Å². The van der Waals surface area contributed by atoms with Gasteiger partial charge in [-0.2, -0.15) is 0 Å². The highest BCUT2D eigenvalue weighted by molar-refractivity contribution is 6.16. The summed E-state index contributed by atoms with van der Waals surface area (Å²) in [5.74, 6) is -1.70. The first kappa shape index (κ1) is 10.0. The van der Waals surface area contributed by atoms with Crippen LogP contribution in [0.5, 0.6) is 0 Å². The maximum absolute atomic E-state index is 13.3. The fourth-order valence-corrected chi connectivity index (χ4v) is 1.27. The SMILES string of the molecule is Fc1cccc(-n2cc(CCl)nn2)c1F. The van der Waals surface area contributed by atoms with Gasteiger partial charge in [0.2, 0.25) is 0 Å². The molecule has 78 valence electrons. The first-order valence-corrected chi connectivity index (χ1v) is 4.67. The van der Waals surface area contributed by atoms with Crippen LogP contribution in [0.3, 0.4) is 0 Å². The third-order valence-corrected chi connectivity index (χ3v) is 2.13. The molecule has 0 aliphatic heterocycles. The Morgan fingerprint density at radius 2 is 2.13 bits per heavy atom. The van der Waals surface area contributed by atoms with Crippen LogP contribution >= 0.6 is 11.6 Å².